The minimum absolute atomic E-state index is 0.238. The molecule has 1 fully saturated rings. The molecule has 6 nitrogen and oxygen atoms in total. The van der Waals surface area contributed by atoms with Crippen molar-refractivity contribution in [2.24, 2.45) is 0 Å². The predicted octanol–water partition coefficient (Wildman–Crippen LogP) is -2.43. The van der Waals surface area contributed by atoms with Crippen LogP contribution in [0.25, 0.3) is 0 Å². The van der Waals surface area contributed by atoms with Crippen molar-refractivity contribution in [1.82, 2.24) is 5.32 Å². The summed E-state index contributed by atoms with van der Waals surface area (Å²) in [6, 6.07) is 8.39. The van der Waals surface area contributed by atoms with E-state index in [0.717, 1.165) is 26.2 Å². The number of hydrogen-bond donors (Lipinski definition) is 2. The van der Waals surface area contributed by atoms with Crippen LogP contribution in [0.1, 0.15) is 5.56 Å². The van der Waals surface area contributed by atoms with Crippen molar-refractivity contribution < 1.29 is 19.6 Å². The first kappa shape index (κ1) is 15.3. The van der Waals surface area contributed by atoms with E-state index in [2.05, 4.69) is 41.4 Å². The van der Waals surface area contributed by atoms with Gasteiger partial charge in [-0.3, -0.25) is 4.79 Å². The Balaban J connectivity index is 1.78. The van der Waals surface area contributed by atoms with Gasteiger partial charge in [0.15, 0.2) is 6.54 Å². The molecule has 2 rings (SSSR count). The van der Waals surface area contributed by atoms with Gasteiger partial charge in [-0.25, -0.2) is 0 Å². The molecule has 1 aromatic carbocycles. The van der Waals surface area contributed by atoms with Crippen LogP contribution in [0, 0.1) is 6.92 Å². The van der Waals surface area contributed by atoms with E-state index in [1.807, 2.05) is 0 Å². The highest BCUT2D eigenvalue weighted by atomic mass is 16.4. The Labute approximate surface area is 124 Å². The largest absolute Gasteiger partial charge is 0.548 e. The molecule has 2 N–H and O–H groups in total. The second kappa shape index (κ2) is 7.08. The SMILES string of the molecule is Cc1cccc(N2CC[NH+](CC(=O)NCC(=O)[O-])CC2)c1. The van der Waals surface area contributed by atoms with Crippen LogP contribution in [0.15, 0.2) is 24.3 Å². The average molecular weight is 291 g/mol. The molecular formula is C15H21N3O3. The number of rotatable bonds is 5. The van der Waals surface area contributed by atoms with Gasteiger partial charge in [-0.15, -0.1) is 0 Å². The van der Waals surface area contributed by atoms with E-state index in [4.69, 9.17) is 0 Å². The van der Waals surface area contributed by atoms with Gasteiger partial charge in [0.2, 0.25) is 0 Å². The number of aryl methyl sites for hydroxylation is 1. The molecule has 0 radical (unpaired) electrons. The Hall–Kier alpha value is -2.08. The summed E-state index contributed by atoms with van der Waals surface area (Å²) in [5.41, 5.74) is 2.46. The molecule has 21 heavy (non-hydrogen) atoms. The van der Waals surface area contributed by atoms with Crippen molar-refractivity contribution in [2.75, 3.05) is 44.2 Å². The van der Waals surface area contributed by atoms with Gasteiger partial charge in [-0.2, -0.15) is 0 Å². The van der Waals surface area contributed by atoms with Crippen LogP contribution in [0.4, 0.5) is 5.69 Å². The second-order valence-corrected chi connectivity index (χ2v) is 5.40. The fraction of sp³-hybridized carbons (Fsp3) is 0.467. The van der Waals surface area contributed by atoms with Crippen LogP contribution in [0.5, 0.6) is 0 Å². The lowest BCUT2D eigenvalue weighted by Crippen LogP contribution is -3.16. The van der Waals surface area contributed by atoms with Crippen LogP contribution in [-0.4, -0.2) is 51.1 Å². The zero-order chi connectivity index (χ0) is 15.2. The number of amides is 1. The smallest absolute Gasteiger partial charge is 0.275 e. The fourth-order valence-corrected chi connectivity index (χ4v) is 2.54. The Morgan fingerprint density at radius 3 is 2.67 bits per heavy atom. The summed E-state index contributed by atoms with van der Waals surface area (Å²) in [5, 5.41) is 12.6. The number of nitrogens with one attached hydrogen (secondary N) is 2. The molecule has 0 spiro atoms. The molecule has 114 valence electrons. The maximum Gasteiger partial charge on any atom is 0.275 e. The normalized spacial score (nSPS) is 15.8. The van der Waals surface area contributed by atoms with Gasteiger partial charge >= 0.3 is 0 Å². The summed E-state index contributed by atoms with van der Waals surface area (Å²) in [6.07, 6.45) is 0. The number of carboxylic acid groups (broad SMARTS) is 1. The van der Waals surface area contributed by atoms with E-state index in [-0.39, 0.29) is 5.91 Å². The van der Waals surface area contributed by atoms with E-state index in [1.165, 1.54) is 16.2 Å². The summed E-state index contributed by atoms with van der Waals surface area (Å²) >= 11 is 0. The zero-order valence-corrected chi connectivity index (χ0v) is 12.2. The van der Waals surface area contributed by atoms with Gasteiger partial charge in [0.1, 0.15) is 0 Å². The number of nitrogens with zero attached hydrogens (tertiary/aromatic N) is 1. The molecule has 1 aliphatic heterocycles. The highest BCUT2D eigenvalue weighted by Gasteiger charge is 2.22. The Morgan fingerprint density at radius 2 is 2.05 bits per heavy atom. The summed E-state index contributed by atoms with van der Waals surface area (Å²) in [5.74, 6) is -1.50. The quantitative estimate of drug-likeness (QED) is 0.632. The van der Waals surface area contributed by atoms with Crippen molar-refractivity contribution in [1.29, 1.82) is 0 Å². The fourth-order valence-electron chi connectivity index (χ4n) is 2.54. The zero-order valence-electron chi connectivity index (χ0n) is 12.2. The van der Waals surface area contributed by atoms with Crippen molar-refractivity contribution in [2.45, 2.75) is 6.92 Å². The first-order valence-electron chi connectivity index (χ1n) is 7.16. The van der Waals surface area contributed by atoms with E-state index in [9.17, 15) is 14.7 Å². The molecule has 1 aliphatic rings. The molecule has 0 atom stereocenters. The lowest BCUT2D eigenvalue weighted by atomic mass is 10.2. The number of anilines is 1. The number of aliphatic carboxylic acids is 1. The van der Waals surface area contributed by atoms with E-state index in [0.29, 0.717) is 6.54 Å². The van der Waals surface area contributed by atoms with Gasteiger partial charge in [0, 0.05) is 5.69 Å². The average Bonchev–Trinajstić information content (AvgIpc) is 2.46. The van der Waals surface area contributed by atoms with Gasteiger partial charge in [0.05, 0.1) is 38.7 Å². The summed E-state index contributed by atoms with van der Waals surface area (Å²) in [7, 11) is 0. The molecule has 1 heterocycles. The third kappa shape index (κ3) is 4.75. The maximum absolute atomic E-state index is 11.6. The Kier molecular flexibility index (Phi) is 5.16. The van der Waals surface area contributed by atoms with Crippen molar-refractivity contribution >= 4 is 17.6 Å². The molecule has 0 aromatic heterocycles. The Morgan fingerprint density at radius 1 is 1.33 bits per heavy atom. The van der Waals surface area contributed by atoms with Crippen molar-refractivity contribution in [3.8, 4) is 0 Å². The molecule has 0 bridgehead atoms. The highest BCUT2D eigenvalue weighted by molar-refractivity contribution is 5.81. The number of carboxylic acids is 1. The lowest BCUT2D eigenvalue weighted by molar-refractivity contribution is -0.892. The lowest BCUT2D eigenvalue weighted by Gasteiger charge is -2.33. The molecule has 6 heteroatoms. The van der Waals surface area contributed by atoms with Crippen LogP contribution in [-0.2, 0) is 9.59 Å². The van der Waals surface area contributed by atoms with Crippen LogP contribution >= 0.6 is 0 Å². The number of piperazine rings is 1. The number of carbonyl (C=O) groups excluding carboxylic acids is 2. The molecule has 0 unspecified atom stereocenters. The number of quaternary nitrogens is 1. The number of benzene rings is 1. The topological polar surface area (TPSA) is 76.9 Å². The minimum Gasteiger partial charge on any atom is -0.548 e. The second-order valence-electron chi connectivity index (χ2n) is 5.40. The molecule has 1 aromatic rings. The number of carbonyl (C=O) groups is 2. The van der Waals surface area contributed by atoms with E-state index in [1.54, 1.807) is 0 Å². The van der Waals surface area contributed by atoms with Crippen LogP contribution in [0.2, 0.25) is 0 Å². The molecule has 0 saturated carbocycles. The summed E-state index contributed by atoms with van der Waals surface area (Å²) in [6.45, 7) is 5.50. The van der Waals surface area contributed by atoms with Crippen molar-refractivity contribution in [3.05, 3.63) is 29.8 Å². The monoisotopic (exact) mass is 291 g/mol. The Bertz CT molecular complexity index is 511. The molecule has 1 amide bonds. The highest BCUT2D eigenvalue weighted by Crippen LogP contribution is 2.15. The van der Waals surface area contributed by atoms with Crippen LogP contribution in [0.3, 0.4) is 0 Å². The predicted molar refractivity (Wildman–Crippen MR) is 77.0 cm³/mol. The third-order valence-corrected chi connectivity index (χ3v) is 3.68. The minimum atomic E-state index is -1.26. The van der Waals surface area contributed by atoms with Crippen LogP contribution < -0.4 is 20.2 Å². The maximum atomic E-state index is 11.6. The summed E-state index contributed by atoms with van der Waals surface area (Å²) in [4.78, 5) is 25.3. The van der Waals surface area contributed by atoms with E-state index >= 15 is 0 Å². The van der Waals surface area contributed by atoms with Crippen molar-refractivity contribution in [3.63, 3.8) is 0 Å². The number of hydrogen-bond acceptors (Lipinski definition) is 4. The van der Waals surface area contributed by atoms with Gasteiger partial charge in [0.25, 0.3) is 5.91 Å². The molecule has 1 saturated heterocycles. The third-order valence-electron chi connectivity index (χ3n) is 3.68. The first-order valence-corrected chi connectivity index (χ1v) is 7.16. The van der Waals surface area contributed by atoms with E-state index < -0.39 is 12.5 Å². The summed E-state index contributed by atoms with van der Waals surface area (Å²) < 4.78 is 0. The molecule has 0 aliphatic carbocycles. The van der Waals surface area contributed by atoms with Gasteiger partial charge in [-0.1, -0.05) is 12.1 Å². The van der Waals surface area contributed by atoms with Gasteiger partial charge in [-0.05, 0) is 24.6 Å². The standard InChI is InChI=1S/C15H21N3O3/c1-12-3-2-4-13(9-12)18-7-5-17(6-8-18)11-14(19)16-10-15(20)21/h2-4,9H,5-8,10-11H2,1H3,(H,16,19)(H,20,21). The van der Waals surface area contributed by atoms with Gasteiger partial charge < -0.3 is 25.0 Å². The first-order chi connectivity index (χ1) is 10.0. The molecular weight excluding hydrogens is 270 g/mol.